The molecule has 3 aromatic rings. The van der Waals surface area contributed by atoms with Crippen molar-refractivity contribution < 1.29 is 19.1 Å². The van der Waals surface area contributed by atoms with E-state index in [0.29, 0.717) is 24.5 Å². The van der Waals surface area contributed by atoms with Crippen LogP contribution in [0, 0.1) is 6.92 Å². The van der Waals surface area contributed by atoms with E-state index in [4.69, 9.17) is 9.47 Å². The second kappa shape index (κ2) is 9.48. The Morgan fingerprint density at radius 2 is 2.07 bits per heavy atom. The van der Waals surface area contributed by atoms with Crippen LogP contribution in [0.1, 0.15) is 32.9 Å². The summed E-state index contributed by atoms with van der Waals surface area (Å²) in [6.07, 6.45) is -0.894. The minimum Gasteiger partial charge on any atom is -0.487 e. The van der Waals surface area contributed by atoms with Crippen molar-refractivity contribution in [1.29, 1.82) is 0 Å². The third-order valence-corrected chi connectivity index (χ3v) is 5.49. The van der Waals surface area contributed by atoms with Gasteiger partial charge in [0.05, 0.1) is 22.8 Å². The summed E-state index contributed by atoms with van der Waals surface area (Å²) in [6, 6.07) is 10.5. The standard InChI is InChI=1S/C20H20N2O4S2/c1-13(19(23)21-10-18-7-4-8-27-18)26-20(24)15-5-3-6-17(9-15)25-11-16-12-28-14(2)22-16/h3-9,12-13H,10-11H2,1-2H3,(H,21,23). The van der Waals surface area contributed by atoms with Crippen LogP contribution in [-0.4, -0.2) is 23.0 Å². The summed E-state index contributed by atoms with van der Waals surface area (Å²) in [4.78, 5) is 29.8. The molecule has 6 nitrogen and oxygen atoms in total. The molecule has 1 atom stereocenters. The van der Waals surface area contributed by atoms with Gasteiger partial charge < -0.3 is 14.8 Å². The Labute approximate surface area is 171 Å². The van der Waals surface area contributed by atoms with Gasteiger partial charge in [0.25, 0.3) is 5.91 Å². The fourth-order valence-corrected chi connectivity index (χ4v) is 3.60. The molecule has 0 aliphatic heterocycles. The predicted octanol–water partition coefficient (Wildman–Crippen LogP) is 3.95. The highest BCUT2D eigenvalue weighted by Crippen LogP contribution is 2.17. The molecule has 0 fully saturated rings. The molecule has 0 saturated carbocycles. The maximum atomic E-state index is 12.4. The van der Waals surface area contributed by atoms with Crippen LogP contribution in [0.4, 0.5) is 0 Å². The van der Waals surface area contributed by atoms with Gasteiger partial charge in [0.15, 0.2) is 6.10 Å². The van der Waals surface area contributed by atoms with Crippen molar-refractivity contribution >= 4 is 34.6 Å². The van der Waals surface area contributed by atoms with Crippen molar-refractivity contribution in [3.8, 4) is 5.75 Å². The lowest BCUT2D eigenvalue weighted by Gasteiger charge is -2.13. The highest BCUT2D eigenvalue weighted by atomic mass is 32.1. The van der Waals surface area contributed by atoms with Crippen LogP contribution in [0.25, 0.3) is 0 Å². The summed E-state index contributed by atoms with van der Waals surface area (Å²) in [6.45, 7) is 4.22. The second-order valence-corrected chi connectivity index (χ2v) is 8.11. The lowest BCUT2D eigenvalue weighted by Crippen LogP contribution is -2.35. The van der Waals surface area contributed by atoms with E-state index in [0.717, 1.165) is 15.6 Å². The first-order valence-electron chi connectivity index (χ1n) is 8.66. The maximum absolute atomic E-state index is 12.4. The first-order valence-corrected chi connectivity index (χ1v) is 10.4. The molecule has 2 aromatic heterocycles. The largest absolute Gasteiger partial charge is 0.487 e. The van der Waals surface area contributed by atoms with E-state index >= 15 is 0 Å². The van der Waals surface area contributed by atoms with Crippen LogP contribution in [0.2, 0.25) is 0 Å². The second-order valence-electron chi connectivity index (χ2n) is 6.02. The van der Waals surface area contributed by atoms with E-state index in [1.807, 2.05) is 29.8 Å². The molecule has 0 bridgehead atoms. The van der Waals surface area contributed by atoms with Gasteiger partial charge in [-0.2, -0.15) is 0 Å². The Morgan fingerprint density at radius 1 is 1.21 bits per heavy atom. The van der Waals surface area contributed by atoms with Gasteiger partial charge in [-0.25, -0.2) is 9.78 Å². The zero-order chi connectivity index (χ0) is 19.9. The number of nitrogens with zero attached hydrogens (tertiary/aromatic N) is 1. The van der Waals surface area contributed by atoms with Gasteiger partial charge in [-0.15, -0.1) is 22.7 Å². The lowest BCUT2D eigenvalue weighted by atomic mass is 10.2. The normalized spacial score (nSPS) is 11.6. The number of ether oxygens (including phenoxy) is 2. The summed E-state index contributed by atoms with van der Waals surface area (Å²) in [5, 5.41) is 7.61. The quantitative estimate of drug-likeness (QED) is 0.563. The highest BCUT2D eigenvalue weighted by Gasteiger charge is 2.19. The predicted molar refractivity (Wildman–Crippen MR) is 109 cm³/mol. The van der Waals surface area contributed by atoms with Crippen molar-refractivity contribution in [2.75, 3.05) is 0 Å². The van der Waals surface area contributed by atoms with E-state index in [1.165, 1.54) is 0 Å². The first-order chi connectivity index (χ1) is 13.5. The van der Waals surface area contributed by atoms with E-state index in [9.17, 15) is 9.59 Å². The van der Waals surface area contributed by atoms with Crippen molar-refractivity contribution in [2.24, 2.45) is 0 Å². The summed E-state index contributed by atoms with van der Waals surface area (Å²) < 4.78 is 11.0. The number of amides is 1. The fraction of sp³-hybridized carbons (Fsp3) is 0.250. The molecule has 28 heavy (non-hydrogen) atoms. The summed E-state index contributed by atoms with van der Waals surface area (Å²) in [5.41, 5.74) is 1.16. The minimum atomic E-state index is -0.894. The number of nitrogens with one attached hydrogen (secondary N) is 1. The summed E-state index contributed by atoms with van der Waals surface area (Å²) >= 11 is 3.11. The van der Waals surface area contributed by atoms with E-state index in [1.54, 1.807) is 53.9 Å². The number of aromatic nitrogens is 1. The first kappa shape index (κ1) is 20.0. The van der Waals surface area contributed by atoms with Gasteiger partial charge in [-0.05, 0) is 43.5 Å². The monoisotopic (exact) mass is 416 g/mol. The molecule has 0 saturated heterocycles. The average molecular weight is 417 g/mol. The van der Waals surface area contributed by atoms with Gasteiger partial charge in [0.1, 0.15) is 12.4 Å². The summed E-state index contributed by atoms with van der Waals surface area (Å²) in [7, 11) is 0. The number of thiophene rings is 1. The lowest BCUT2D eigenvalue weighted by molar-refractivity contribution is -0.129. The zero-order valence-corrected chi connectivity index (χ0v) is 17.1. The molecule has 146 valence electrons. The number of rotatable bonds is 8. The molecular weight excluding hydrogens is 396 g/mol. The topological polar surface area (TPSA) is 77.5 Å². The van der Waals surface area contributed by atoms with E-state index < -0.39 is 12.1 Å². The van der Waals surface area contributed by atoms with Gasteiger partial charge in [-0.1, -0.05) is 12.1 Å². The molecular formula is C20H20N2O4S2. The van der Waals surface area contributed by atoms with Crippen LogP contribution in [0.15, 0.2) is 47.2 Å². The third kappa shape index (κ3) is 5.64. The molecule has 1 unspecified atom stereocenters. The van der Waals surface area contributed by atoms with Crippen molar-refractivity contribution in [3.63, 3.8) is 0 Å². The molecule has 0 radical (unpaired) electrons. The van der Waals surface area contributed by atoms with E-state index in [-0.39, 0.29) is 5.91 Å². The van der Waals surface area contributed by atoms with Crippen LogP contribution in [-0.2, 0) is 22.7 Å². The fourth-order valence-electron chi connectivity index (χ4n) is 2.36. The molecule has 2 heterocycles. The Bertz CT molecular complexity index is 937. The number of aryl methyl sites for hydroxylation is 1. The molecule has 1 aromatic carbocycles. The Morgan fingerprint density at radius 3 is 2.79 bits per heavy atom. The highest BCUT2D eigenvalue weighted by molar-refractivity contribution is 7.10. The molecule has 3 rings (SSSR count). The number of carbonyl (C=O) groups excluding carboxylic acids is 2. The smallest absolute Gasteiger partial charge is 0.339 e. The minimum absolute atomic E-state index is 0.324. The van der Waals surface area contributed by atoms with Crippen molar-refractivity contribution in [2.45, 2.75) is 33.1 Å². The van der Waals surface area contributed by atoms with Gasteiger partial charge in [0, 0.05) is 10.3 Å². The Balaban J connectivity index is 1.52. The number of esters is 1. The molecule has 1 N–H and O–H groups in total. The number of carbonyl (C=O) groups is 2. The van der Waals surface area contributed by atoms with Crippen LogP contribution >= 0.6 is 22.7 Å². The van der Waals surface area contributed by atoms with Crippen molar-refractivity contribution in [1.82, 2.24) is 10.3 Å². The number of thiazole rings is 1. The number of hydrogen-bond acceptors (Lipinski definition) is 7. The van der Waals surface area contributed by atoms with Crippen LogP contribution < -0.4 is 10.1 Å². The Kier molecular flexibility index (Phi) is 6.78. The zero-order valence-electron chi connectivity index (χ0n) is 15.5. The third-order valence-electron chi connectivity index (χ3n) is 3.79. The summed E-state index contributed by atoms with van der Waals surface area (Å²) in [5.74, 6) is -0.378. The average Bonchev–Trinajstić information content (AvgIpc) is 3.36. The van der Waals surface area contributed by atoms with E-state index in [2.05, 4.69) is 10.3 Å². The molecule has 0 spiro atoms. The maximum Gasteiger partial charge on any atom is 0.339 e. The van der Waals surface area contributed by atoms with Gasteiger partial charge in [0.2, 0.25) is 0 Å². The van der Waals surface area contributed by atoms with Crippen LogP contribution in [0.3, 0.4) is 0 Å². The molecule has 8 heteroatoms. The van der Waals surface area contributed by atoms with Crippen molar-refractivity contribution in [3.05, 3.63) is 68.3 Å². The van der Waals surface area contributed by atoms with Gasteiger partial charge in [-0.3, -0.25) is 4.79 Å². The van der Waals surface area contributed by atoms with Gasteiger partial charge >= 0.3 is 5.97 Å². The number of hydrogen-bond donors (Lipinski definition) is 1. The SMILES string of the molecule is Cc1nc(COc2cccc(C(=O)OC(C)C(=O)NCc3cccs3)c2)cs1. The molecule has 0 aliphatic rings. The number of benzene rings is 1. The molecule has 0 aliphatic carbocycles. The van der Waals surface area contributed by atoms with Crippen LogP contribution in [0.5, 0.6) is 5.75 Å². The molecule has 1 amide bonds. The Hall–Kier alpha value is -2.71.